The van der Waals surface area contributed by atoms with E-state index in [9.17, 15) is 4.79 Å². The zero-order chi connectivity index (χ0) is 22.0. The molecule has 0 unspecified atom stereocenters. The summed E-state index contributed by atoms with van der Waals surface area (Å²) in [6.45, 7) is 13.4. The Hall–Kier alpha value is -2.50. The lowest BCUT2D eigenvalue weighted by atomic mass is 9.77. The summed E-state index contributed by atoms with van der Waals surface area (Å²) in [7, 11) is -0.646. The van der Waals surface area contributed by atoms with E-state index in [1.807, 2.05) is 39.8 Å². The molecule has 7 nitrogen and oxygen atoms in total. The Kier molecular flexibility index (Phi) is 6.36. The van der Waals surface area contributed by atoms with Gasteiger partial charge in [-0.05, 0) is 71.6 Å². The molecule has 156 valence electrons. The van der Waals surface area contributed by atoms with Crippen LogP contribution < -0.4 is 11.1 Å². The van der Waals surface area contributed by atoms with Gasteiger partial charge in [-0.25, -0.2) is 4.79 Å². The summed E-state index contributed by atoms with van der Waals surface area (Å²) in [6, 6.07) is 7.19. The highest BCUT2D eigenvalue weighted by atomic mass is 16.7. The van der Waals surface area contributed by atoms with E-state index >= 15 is 0 Å². The van der Waals surface area contributed by atoms with Gasteiger partial charge in [0.05, 0.1) is 22.5 Å². The third-order valence-electron chi connectivity index (χ3n) is 4.94. The lowest BCUT2D eigenvalue weighted by Crippen LogP contribution is -2.41. The monoisotopic (exact) mass is 399 g/mol. The fourth-order valence-electron chi connectivity index (χ4n) is 2.67. The molecule has 0 radical (unpaired) electrons. The van der Waals surface area contributed by atoms with Crippen molar-refractivity contribution < 1.29 is 18.8 Å². The Bertz CT molecular complexity index is 834. The maximum absolute atomic E-state index is 12.1. The fourth-order valence-corrected chi connectivity index (χ4v) is 2.67. The van der Waals surface area contributed by atoms with Crippen molar-refractivity contribution in [3.8, 4) is 6.07 Å². The van der Waals surface area contributed by atoms with Crippen LogP contribution >= 0.6 is 0 Å². The van der Waals surface area contributed by atoms with Crippen LogP contribution in [0, 0.1) is 11.3 Å². The summed E-state index contributed by atoms with van der Waals surface area (Å²) in [4.78, 5) is 12.1. The molecule has 1 saturated heterocycles. The van der Waals surface area contributed by atoms with E-state index in [1.54, 1.807) is 39.0 Å². The Labute approximate surface area is 173 Å². The molecule has 3 N–H and O–H groups in total. The van der Waals surface area contributed by atoms with Crippen LogP contribution in [0.25, 0.3) is 6.08 Å². The molecule has 1 amide bonds. The quantitative estimate of drug-likeness (QED) is 0.591. The van der Waals surface area contributed by atoms with Gasteiger partial charge >= 0.3 is 13.2 Å². The smallest absolute Gasteiger partial charge is 0.444 e. The molecule has 0 spiro atoms. The normalized spacial score (nSPS) is 18.3. The van der Waals surface area contributed by atoms with Crippen molar-refractivity contribution in [3.63, 3.8) is 0 Å². The molecule has 0 saturated carbocycles. The summed E-state index contributed by atoms with van der Waals surface area (Å²) >= 11 is 0. The largest absolute Gasteiger partial charge is 0.492 e. The number of nitriles is 1. The highest BCUT2D eigenvalue weighted by Gasteiger charge is 2.52. The van der Waals surface area contributed by atoms with Crippen LogP contribution in [-0.4, -0.2) is 36.6 Å². The van der Waals surface area contributed by atoms with Crippen molar-refractivity contribution in [2.45, 2.75) is 65.3 Å². The van der Waals surface area contributed by atoms with Gasteiger partial charge in [-0.1, -0.05) is 12.1 Å². The molecular weight excluding hydrogens is 369 g/mol. The summed E-state index contributed by atoms with van der Waals surface area (Å²) in [6.07, 6.45) is 1.32. The fraction of sp³-hybridized carbons (Fsp3) is 0.524. The minimum atomic E-state index is -0.646. The summed E-state index contributed by atoms with van der Waals surface area (Å²) in [5, 5.41) is 11.8. The second kappa shape index (κ2) is 8.09. The zero-order valence-corrected chi connectivity index (χ0v) is 18.3. The van der Waals surface area contributed by atoms with Crippen molar-refractivity contribution in [2.24, 2.45) is 0 Å². The number of nitrogens with two attached hydrogens (primary N) is 1. The van der Waals surface area contributed by atoms with Crippen LogP contribution in [0.3, 0.4) is 0 Å². The zero-order valence-electron chi connectivity index (χ0n) is 18.3. The molecule has 1 aliphatic heterocycles. The van der Waals surface area contributed by atoms with Crippen LogP contribution in [0.1, 0.15) is 59.6 Å². The number of nitrogens with one attached hydrogen (secondary N) is 1. The Balaban J connectivity index is 2.30. The molecule has 1 aliphatic rings. The molecular formula is C21H30BN3O4. The molecule has 1 heterocycles. The van der Waals surface area contributed by atoms with Gasteiger partial charge in [0.25, 0.3) is 0 Å². The van der Waals surface area contributed by atoms with Crippen molar-refractivity contribution in [1.82, 2.24) is 5.32 Å². The maximum Gasteiger partial charge on any atom is 0.492 e. The van der Waals surface area contributed by atoms with Crippen molar-refractivity contribution in [3.05, 3.63) is 34.8 Å². The van der Waals surface area contributed by atoms with Gasteiger partial charge in [0.2, 0.25) is 0 Å². The van der Waals surface area contributed by atoms with Gasteiger partial charge in [0, 0.05) is 6.54 Å². The minimum absolute atomic E-state index is 0.172. The molecule has 0 atom stereocenters. The first-order chi connectivity index (χ1) is 13.2. The number of amides is 1. The number of carbonyl (C=O) groups is 1. The van der Waals surface area contributed by atoms with E-state index in [-0.39, 0.29) is 6.54 Å². The molecule has 0 bridgehead atoms. The van der Waals surface area contributed by atoms with E-state index in [0.717, 1.165) is 5.56 Å². The Morgan fingerprint density at radius 1 is 1.28 bits per heavy atom. The van der Waals surface area contributed by atoms with E-state index in [1.165, 1.54) is 0 Å². The molecule has 8 heteroatoms. The molecule has 0 aliphatic carbocycles. The third-order valence-corrected chi connectivity index (χ3v) is 4.94. The standard InChI is InChI=1S/C21H30BN3O4/c1-19(2,3)27-18(26)25-13-16(22-28-20(4,5)21(6,7)29-22)10-14-8-9-15(12-23)17(24)11-14/h8-11H,13,24H2,1-7H3,(H,25,26). The second-order valence-electron chi connectivity index (χ2n) is 9.12. The Morgan fingerprint density at radius 2 is 1.86 bits per heavy atom. The number of benzene rings is 1. The SMILES string of the molecule is CC(C)(C)OC(=O)NCC(=Cc1ccc(C#N)c(N)c1)B1OC(C)(C)C(C)(C)O1. The lowest BCUT2D eigenvalue weighted by Gasteiger charge is -2.32. The summed E-state index contributed by atoms with van der Waals surface area (Å²) in [5.41, 5.74) is 6.57. The third kappa shape index (κ3) is 5.75. The van der Waals surface area contributed by atoms with Crippen molar-refractivity contribution in [1.29, 1.82) is 5.26 Å². The number of nitrogen functional groups attached to an aromatic ring is 1. The highest BCUT2D eigenvalue weighted by molar-refractivity contribution is 6.56. The number of alkyl carbamates (subject to hydrolysis) is 1. The first-order valence-corrected chi connectivity index (χ1v) is 9.57. The molecule has 1 aromatic carbocycles. The van der Waals surface area contributed by atoms with Gasteiger partial charge in [-0.15, -0.1) is 0 Å². The first kappa shape index (κ1) is 22.8. The maximum atomic E-state index is 12.1. The number of hydrogen-bond acceptors (Lipinski definition) is 6. The van der Waals surface area contributed by atoms with Crippen LogP contribution in [0.2, 0.25) is 0 Å². The van der Waals surface area contributed by atoms with Crippen molar-refractivity contribution >= 4 is 25.0 Å². The molecule has 0 aromatic heterocycles. The van der Waals surface area contributed by atoms with Gasteiger partial charge in [-0.3, -0.25) is 0 Å². The Morgan fingerprint density at radius 3 is 2.34 bits per heavy atom. The van der Waals surface area contributed by atoms with E-state index < -0.39 is 30.0 Å². The van der Waals surface area contributed by atoms with Gasteiger partial charge in [-0.2, -0.15) is 5.26 Å². The summed E-state index contributed by atoms with van der Waals surface area (Å²) in [5.74, 6) is 0. The van der Waals surface area contributed by atoms with E-state index in [0.29, 0.717) is 16.7 Å². The number of anilines is 1. The lowest BCUT2D eigenvalue weighted by molar-refractivity contribution is 0.00578. The predicted octanol–water partition coefficient (Wildman–Crippen LogP) is 3.68. The average molecular weight is 399 g/mol. The van der Waals surface area contributed by atoms with Crippen molar-refractivity contribution in [2.75, 3.05) is 12.3 Å². The van der Waals surface area contributed by atoms with Crippen LogP contribution in [-0.2, 0) is 14.0 Å². The molecule has 1 aromatic rings. The predicted molar refractivity (Wildman–Crippen MR) is 114 cm³/mol. The molecule has 29 heavy (non-hydrogen) atoms. The number of ether oxygens (including phenoxy) is 1. The van der Waals surface area contributed by atoms with E-state index in [2.05, 4.69) is 5.32 Å². The van der Waals surface area contributed by atoms with Crippen LogP contribution in [0.4, 0.5) is 10.5 Å². The van der Waals surface area contributed by atoms with E-state index in [4.69, 9.17) is 25.0 Å². The van der Waals surface area contributed by atoms with Gasteiger partial charge in [0.1, 0.15) is 11.7 Å². The minimum Gasteiger partial charge on any atom is -0.444 e. The summed E-state index contributed by atoms with van der Waals surface area (Å²) < 4.78 is 17.6. The number of nitrogens with zero attached hydrogens (tertiary/aromatic N) is 1. The second-order valence-corrected chi connectivity index (χ2v) is 9.12. The van der Waals surface area contributed by atoms with Gasteiger partial charge in [0.15, 0.2) is 0 Å². The number of carbonyl (C=O) groups excluding carboxylic acids is 1. The first-order valence-electron chi connectivity index (χ1n) is 9.57. The average Bonchev–Trinajstić information content (AvgIpc) is 2.77. The molecule has 2 rings (SSSR count). The number of hydrogen-bond donors (Lipinski definition) is 2. The van der Waals surface area contributed by atoms with Crippen LogP contribution in [0.15, 0.2) is 23.7 Å². The topological polar surface area (TPSA) is 107 Å². The van der Waals surface area contributed by atoms with Gasteiger partial charge < -0.3 is 25.1 Å². The highest BCUT2D eigenvalue weighted by Crippen LogP contribution is 2.38. The van der Waals surface area contributed by atoms with Crippen LogP contribution in [0.5, 0.6) is 0 Å². The number of rotatable bonds is 4. The molecule has 1 fully saturated rings.